The molecule has 0 saturated carbocycles. The van der Waals surface area contributed by atoms with E-state index in [0.29, 0.717) is 48.6 Å². The third-order valence-electron chi connectivity index (χ3n) is 3.22. The van der Waals surface area contributed by atoms with Crippen molar-refractivity contribution in [1.82, 2.24) is 5.32 Å². The van der Waals surface area contributed by atoms with Gasteiger partial charge in [0.15, 0.2) is 0 Å². The summed E-state index contributed by atoms with van der Waals surface area (Å²) in [4.78, 5) is 12.0. The number of halogens is 2. The highest BCUT2D eigenvalue weighted by molar-refractivity contribution is 6.32. The first-order valence-electron chi connectivity index (χ1n) is 7.58. The third kappa shape index (κ3) is 6.96. The second-order valence-electron chi connectivity index (χ2n) is 5.83. The molecule has 130 valence electrons. The number of carbonyl (C=O) groups excluding carboxylic acids is 1. The van der Waals surface area contributed by atoms with Gasteiger partial charge >= 0.3 is 0 Å². The average molecular weight is 363 g/mol. The first-order valence-corrected chi connectivity index (χ1v) is 7.95. The lowest BCUT2D eigenvalue weighted by Gasteiger charge is -2.23. The molecule has 2 N–H and O–H groups in total. The molecule has 0 bridgehead atoms. The molecule has 0 radical (unpaired) electrons. The molecule has 1 unspecified atom stereocenters. The van der Waals surface area contributed by atoms with Gasteiger partial charge in [-0.15, -0.1) is 12.4 Å². The molecular formula is C16H24Cl2N2O3. The van der Waals surface area contributed by atoms with E-state index in [1.54, 1.807) is 18.2 Å². The molecule has 1 heterocycles. The van der Waals surface area contributed by atoms with Crippen molar-refractivity contribution in [3.05, 3.63) is 23.2 Å². The van der Waals surface area contributed by atoms with Gasteiger partial charge in [0, 0.05) is 24.7 Å². The third-order valence-corrected chi connectivity index (χ3v) is 3.51. The van der Waals surface area contributed by atoms with Crippen LogP contribution in [0.25, 0.3) is 0 Å². The minimum absolute atomic E-state index is 0. The minimum Gasteiger partial charge on any atom is -0.492 e. The van der Waals surface area contributed by atoms with Crippen LogP contribution in [0, 0.1) is 5.92 Å². The van der Waals surface area contributed by atoms with Crippen LogP contribution in [0.2, 0.25) is 5.02 Å². The fourth-order valence-electron chi connectivity index (χ4n) is 2.14. The van der Waals surface area contributed by atoms with Crippen molar-refractivity contribution in [3.8, 4) is 5.75 Å². The summed E-state index contributed by atoms with van der Waals surface area (Å²) in [6.07, 6.45) is 0.378. The Morgan fingerprint density at radius 3 is 2.91 bits per heavy atom. The summed E-state index contributed by atoms with van der Waals surface area (Å²) in [5, 5.41) is 6.60. The van der Waals surface area contributed by atoms with Crippen LogP contribution in [0.15, 0.2) is 18.2 Å². The molecule has 0 aliphatic carbocycles. The van der Waals surface area contributed by atoms with Gasteiger partial charge in [0.1, 0.15) is 5.75 Å². The van der Waals surface area contributed by atoms with E-state index in [0.717, 1.165) is 6.54 Å². The lowest BCUT2D eigenvalue weighted by Crippen LogP contribution is -2.43. The highest BCUT2D eigenvalue weighted by atomic mass is 35.5. The van der Waals surface area contributed by atoms with E-state index in [1.807, 2.05) is 0 Å². The standard InChI is InChI=1S/C16H23ClN2O3.ClH/c1-11(2)9-22-15-4-3-12(7-14(15)17)19-16(20)8-13-10-21-6-5-18-13;/h3-4,7,11,13,18H,5-6,8-10H2,1-2H3,(H,19,20);1H. The van der Waals surface area contributed by atoms with E-state index in [1.165, 1.54) is 0 Å². The Kier molecular flexibility index (Phi) is 8.69. The zero-order valence-electron chi connectivity index (χ0n) is 13.4. The second-order valence-corrected chi connectivity index (χ2v) is 6.24. The molecule has 7 heteroatoms. The Labute approximate surface area is 148 Å². The van der Waals surface area contributed by atoms with Crippen LogP contribution in [0.5, 0.6) is 5.75 Å². The summed E-state index contributed by atoms with van der Waals surface area (Å²) >= 11 is 6.18. The second kappa shape index (κ2) is 9.98. The first-order chi connectivity index (χ1) is 10.5. The Hall–Kier alpha value is -1.01. The number of nitrogens with one attached hydrogen (secondary N) is 2. The molecule has 1 atom stereocenters. The molecule has 1 aliphatic heterocycles. The number of anilines is 1. The van der Waals surface area contributed by atoms with Crippen LogP contribution in [0.4, 0.5) is 5.69 Å². The maximum Gasteiger partial charge on any atom is 0.226 e. The molecule has 1 amide bonds. The summed E-state index contributed by atoms with van der Waals surface area (Å²) in [6, 6.07) is 5.35. The van der Waals surface area contributed by atoms with E-state index in [2.05, 4.69) is 24.5 Å². The fourth-order valence-corrected chi connectivity index (χ4v) is 2.37. The highest BCUT2D eigenvalue weighted by Crippen LogP contribution is 2.28. The number of amides is 1. The van der Waals surface area contributed by atoms with E-state index in [-0.39, 0.29) is 24.4 Å². The van der Waals surface area contributed by atoms with Gasteiger partial charge < -0.3 is 20.1 Å². The van der Waals surface area contributed by atoms with Crippen molar-refractivity contribution in [1.29, 1.82) is 0 Å². The van der Waals surface area contributed by atoms with Crippen molar-refractivity contribution >= 4 is 35.6 Å². The number of benzene rings is 1. The number of carbonyl (C=O) groups is 1. The van der Waals surface area contributed by atoms with Crippen LogP contribution in [0.1, 0.15) is 20.3 Å². The Morgan fingerprint density at radius 1 is 1.52 bits per heavy atom. The van der Waals surface area contributed by atoms with Gasteiger partial charge in [0.05, 0.1) is 24.8 Å². The molecule has 2 rings (SSSR count). The van der Waals surface area contributed by atoms with Crippen molar-refractivity contribution in [2.24, 2.45) is 5.92 Å². The summed E-state index contributed by atoms with van der Waals surface area (Å²) in [5.74, 6) is 1.01. The Morgan fingerprint density at radius 2 is 2.30 bits per heavy atom. The number of rotatable bonds is 6. The van der Waals surface area contributed by atoms with Crippen molar-refractivity contribution in [2.75, 3.05) is 31.7 Å². The van der Waals surface area contributed by atoms with Crippen LogP contribution in [-0.2, 0) is 9.53 Å². The van der Waals surface area contributed by atoms with Gasteiger partial charge in [0.25, 0.3) is 0 Å². The fraction of sp³-hybridized carbons (Fsp3) is 0.562. The zero-order chi connectivity index (χ0) is 15.9. The van der Waals surface area contributed by atoms with Gasteiger partial charge in [-0.25, -0.2) is 0 Å². The zero-order valence-corrected chi connectivity index (χ0v) is 15.0. The molecule has 1 aliphatic rings. The molecule has 1 aromatic carbocycles. The molecule has 0 spiro atoms. The van der Waals surface area contributed by atoms with Crippen molar-refractivity contribution in [3.63, 3.8) is 0 Å². The average Bonchev–Trinajstić information content (AvgIpc) is 2.47. The highest BCUT2D eigenvalue weighted by Gasteiger charge is 2.17. The summed E-state index contributed by atoms with van der Waals surface area (Å²) in [7, 11) is 0. The maximum absolute atomic E-state index is 12.0. The molecular weight excluding hydrogens is 339 g/mol. The lowest BCUT2D eigenvalue weighted by molar-refractivity contribution is -0.117. The molecule has 1 aromatic rings. The monoisotopic (exact) mass is 362 g/mol. The molecule has 23 heavy (non-hydrogen) atoms. The minimum atomic E-state index is -0.0603. The Balaban J connectivity index is 0.00000264. The molecule has 0 aromatic heterocycles. The topological polar surface area (TPSA) is 59.6 Å². The predicted molar refractivity (Wildman–Crippen MR) is 94.9 cm³/mol. The predicted octanol–water partition coefficient (Wildman–Crippen LogP) is 3.11. The number of ether oxygens (including phenoxy) is 2. The Bertz CT molecular complexity index is 506. The van der Waals surface area contributed by atoms with Crippen LogP contribution in [0.3, 0.4) is 0 Å². The normalized spacial score (nSPS) is 17.5. The molecule has 1 fully saturated rings. The van der Waals surface area contributed by atoms with Gasteiger partial charge in [-0.1, -0.05) is 25.4 Å². The molecule has 5 nitrogen and oxygen atoms in total. The summed E-state index contributed by atoms with van der Waals surface area (Å²) in [6.45, 7) is 6.81. The quantitative estimate of drug-likeness (QED) is 0.816. The SMILES string of the molecule is CC(C)COc1ccc(NC(=O)CC2COCCN2)cc1Cl.Cl. The van der Waals surface area contributed by atoms with Crippen LogP contribution in [-0.4, -0.2) is 38.3 Å². The number of hydrogen-bond acceptors (Lipinski definition) is 4. The number of morpholine rings is 1. The van der Waals surface area contributed by atoms with E-state index >= 15 is 0 Å². The summed E-state index contributed by atoms with van der Waals surface area (Å²) < 4.78 is 10.9. The molecule has 1 saturated heterocycles. The van der Waals surface area contributed by atoms with Gasteiger partial charge in [-0.2, -0.15) is 0 Å². The van der Waals surface area contributed by atoms with Crippen LogP contribution >= 0.6 is 24.0 Å². The maximum atomic E-state index is 12.0. The van der Waals surface area contributed by atoms with Gasteiger partial charge in [-0.05, 0) is 24.1 Å². The van der Waals surface area contributed by atoms with Crippen molar-refractivity contribution in [2.45, 2.75) is 26.3 Å². The van der Waals surface area contributed by atoms with Gasteiger partial charge in [-0.3, -0.25) is 4.79 Å². The smallest absolute Gasteiger partial charge is 0.226 e. The summed E-state index contributed by atoms with van der Waals surface area (Å²) in [5.41, 5.74) is 0.670. The van der Waals surface area contributed by atoms with Crippen molar-refractivity contribution < 1.29 is 14.3 Å². The van der Waals surface area contributed by atoms with E-state index < -0.39 is 0 Å². The number of hydrogen-bond donors (Lipinski definition) is 2. The van der Waals surface area contributed by atoms with Crippen LogP contribution < -0.4 is 15.4 Å². The largest absolute Gasteiger partial charge is 0.492 e. The van der Waals surface area contributed by atoms with E-state index in [9.17, 15) is 4.79 Å². The van der Waals surface area contributed by atoms with E-state index in [4.69, 9.17) is 21.1 Å². The lowest BCUT2D eigenvalue weighted by atomic mass is 10.2. The first kappa shape index (κ1) is 20.0. The van der Waals surface area contributed by atoms with Gasteiger partial charge in [0.2, 0.25) is 5.91 Å².